The Morgan fingerprint density at radius 1 is 0.977 bits per heavy atom. The van der Waals surface area contributed by atoms with Gasteiger partial charge in [-0.2, -0.15) is 0 Å². The van der Waals surface area contributed by atoms with E-state index in [0.717, 1.165) is 32.1 Å². The highest BCUT2D eigenvalue weighted by Crippen LogP contribution is 2.44. The van der Waals surface area contributed by atoms with Crippen molar-refractivity contribution >= 4 is 8.32 Å². The number of aliphatic hydroxyl groups is 1. The number of hydrogen-bond donors (Lipinski definition) is 1. The molecule has 0 aromatic rings. The van der Waals surface area contributed by atoms with Crippen molar-refractivity contribution in [3.8, 4) is 0 Å². The summed E-state index contributed by atoms with van der Waals surface area (Å²) in [7, 11) is -0.330. The van der Waals surface area contributed by atoms with Crippen LogP contribution in [0.2, 0.25) is 16.6 Å². The molecule has 0 aromatic carbocycles. The number of ether oxygens (including phenoxy) is 4. The van der Waals surface area contributed by atoms with Gasteiger partial charge in [-0.05, 0) is 61.1 Å². The van der Waals surface area contributed by atoms with Crippen molar-refractivity contribution in [3.63, 3.8) is 0 Å². The summed E-state index contributed by atoms with van der Waals surface area (Å²) in [6, 6.07) is 0. The summed E-state index contributed by atoms with van der Waals surface area (Å²) >= 11 is 0. The third kappa shape index (κ3) is 11.5. The van der Waals surface area contributed by atoms with Gasteiger partial charge in [0.15, 0.2) is 8.32 Å². The smallest absolute Gasteiger partial charge is 0.200 e. The van der Waals surface area contributed by atoms with E-state index < -0.39 is 14.4 Å². The fraction of sp³-hybridized carbons (Fsp3) is 0.833. The second-order valence-electron chi connectivity index (χ2n) is 14.7. The van der Waals surface area contributed by atoms with Crippen LogP contribution >= 0.6 is 0 Å². The van der Waals surface area contributed by atoms with Gasteiger partial charge in [0, 0.05) is 25.6 Å². The van der Waals surface area contributed by atoms with Gasteiger partial charge >= 0.3 is 0 Å². The molecule has 43 heavy (non-hydrogen) atoms. The molecule has 2 heterocycles. The molecule has 0 fully saturated rings. The highest BCUT2D eigenvalue weighted by molar-refractivity contribution is 6.77. The van der Waals surface area contributed by atoms with E-state index in [4.69, 9.17) is 23.4 Å². The predicted molar refractivity (Wildman–Crippen MR) is 181 cm³/mol. The second-order valence-corrected chi connectivity index (χ2v) is 20.2. The van der Waals surface area contributed by atoms with Crippen LogP contribution in [-0.4, -0.2) is 70.6 Å². The van der Waals surface area contributed by atoms with Gasteiger partial charge in [0.2, 0.25) is 0 Å². The maximum absolute atomic E-state index is 11.2. The molecule has 0 spiro atoms. The molecule has 0 radical (unpaired) electrons. The zero-order valence-corrected chi connectivity index (χ0v) is 30.2. The molecule has 7 heteroatoms. The summed E-state index contributed by atoms with van der Waals surface area (Å²) in [4.78, 5) is 0. The fourth-order valence-corrected chi connectivity index (χ4v) is 12.8. The first kappa shape index (κ1) is 38.4. The largest absolute Gasteiger partial charge is 0.415 e. The van der Waals surface area contributed by atoms with Gasteiger partial charge in [0.25, 0.3) is 0 Å². The Morgan fingerprint density at radius 3 is 2.21 bits per heavy atom. The van der Waals surface area contributed by atoms with Crippen molar-refractivity contribution in [2.75, 3.05) is 20.5 Å². The topological polar surface area (TPSA) is 66.4 Å². The van der Waals surface area contributed by atoms with Crippen LogP contribution in [0, 0.1) is 11.3 Å². The minimum Gasteiger partial charge on any atom is -0.415 e. The Labute approximate surface area is 265 Å². The first-order valence-electron chi connectivity index (χ1n) is 16.9. The SMILES string of the molecule is C=CC[C@H]1C=CC[C@@H](CC[C@H](C)[C@H](O)C[C@@H](C[C@@H]2CC=C[C@H](C(C)(C)CO[Si](C(C)C)(C(C)C)C(C)C)O2)OCOC)O1. The molecule has 250 valence electrons. The minimum absolute atomic E-state index is 0.0187. The molecule has 2 aliphatic heterocycles. The Hall–Kier alpha value is -0.803. The van der Waals surface area contributed by atoms with Crippen LogP contribution in [0.15, 0.2) is 37.0 Å². The van der Waals surface area contributed by atoms with Crippen LogP contribution in [0.4, 0.5) is 0 Å². The van der Waals surface area contributed by atoms with E-state index in [0.29, 0.717) is 36.1 Å². The zero-order chi connectivity index (χ0) is 32.2. The third-order valence-corrected chi connectivity index (χ3v) is 15.8. The quantitative estimate of drug-likeness (QED) is 0.0832. The first-order valence-corrected chi connectivity index (χ1v) is 19.1. The molecular weight excluding hydrogens is 556 g/mol. The molecule has 0 unspecified atom stereocenters. The van der Waals surface area contributed by atoms with Crippen LogP contribution < -0.4 is 0 Å². The van der Waals surface area contributed by atoms with Crippen LogP contribution in [-0.2, 0) is 23.4 Å². The zero-order valence-electron chi connectivity index (χ0n) is 29.2. The molecule has 6 nitrogen and oxygen atoms in total. The summed E-state index contributed by atoms with van der Waals surface area (Å²) < 4.78 is 31.3. The highest BCUT2D eigenvalue weighted by Gasteiger charge is 2.47. The van der Waals surface area contributed by atoms with Gasteiger partial charge in [-0.1, -0.05) is 92.7 Å². The van der Waals surface area contributed by atoms with Crippen molar-refractivity contribution < 1.29 is 28.5 Å². The number of aliphatic hydroxyl groups excluding tert-OH is 1. The van der Waals surface area contributed by atoms with Gasteiger partial charge in [-0.3, -0.25) is 0 Å². The summed E-state index contributed by atoms with van der Waals surface area (Å²) in [6.07, 6.45) is 16.1. The Bertz CT molecular complexity index is 831. The molecule has 1 N–H and O–H groups in total. The number of rotatable bonds is 20. The predicted octanol–water partition coefficient (Wildman–Crippen LogP) is 8.75. The van der Waals surface area contributed by atoms with Crippen molar-refractivity contribution in [2.24, 2.45) is 11.3 Å². The van der Waals surface area contributed by atoms with E-state index in [9.17, 15) is 5.11 Å². The van der Waals surface area contributed by atoms with Crippen molar-refractivity contribution in [1.29, 1.82) is 0 Å². The van der Waals surface area contributed by atoms with Crippen molar-refractivity contribution in [1.82, 2.24) is 0 Å². The van der Waals surface area contributed by atoms with Crippen LogP contribution in [0.5, 0.6) is 0 Å². The Balaban J connectivity index is 1.96. The molecule has 0 saturated carbocycles. The van der Waals surface area contributed by atoms with E-state index in [1.165, 1.54) is 0 Å². The van der Waals surface area contributed by atoms with Crippen molar-refractivity contribution in [3.05, 3.63) is 37.0 Å². The van der Waals surface area contributed by atoms with Crippen LogP contribution in [0.3, 0.4) is 0 Å². The summed E-state index contributed by atoms with van der Waals surface area (Å²) in [6.45, 7) is 25.4. The van der Waals surface area contributed by atoms with Crippen molar-refractivity contribution in [2.45, 2.75) is 161 Å². The summed E-state index contributed by atoms with van der Waals surface area (Å²) in [5, 5.41) is 11.2. The van der Waals surface area contributed by atoms with E-state index >= 15 is 0 Å². The molecule has 0 aromatic heterocycles. The molecule has 2 rings (SSSR count). The summed E-state index contributed by atoms with van der Waals surface area (Å²) in [5.41, 5.74) is 1.48. The lowest BCUT2D eigenvalue weighted by Crippen LogP contribution is -2.51. The van der Waals surface area contributed by atoms with E-state index in [-0.39, 0.29) is 48.6 Å². The molecule has 7 atom stereocenters. The minimum atomic E-state index is -1.97. The highest BCUT2D eigenvalue weighted by atomic mass is 28.4. The lowest BCUT2D eigenvalue weighted by atomic mass is 9.85. The Kier molecular flexibility index (Phi) is 16.4. The van der Waals surface area contributed by atoms with Gasteiger partial charge < -0.3 is 28.5 Å². The van der Waals surface area contributed by atoms with Crippen LogP contribution in [0.1, 0.15) is 107 Å². The lowest BCUT2D eigenvalue weighted by Gasteiger charge is -2.46. The van der Waals surface area contributed by atoms with E-state index in [1.807, 2.05) is 6.08 Å². The maximum atomic E-state index is 11.2. The maximum Gasteiger partial charge on any atom is 0.200 e. The second kappa shape index (κ2) is 18.4. The average molecular weight is 623 g/mol. The third-order valence-electron chi connectivity index (χ3n) is 9.79. The Morgan fingerprint density at radius 2 is 1.60 bits per heavy atom. The van der Waals surface area contributed by atoms with Gasteiger partial charge in [0.1, 0.15) is 6.79 Å². The fourth-order valence-electron chi connectivity index (χ4n) is 7.20. The molecular formula is C36H66O6Si. The molecule has 0 bridgehead atoms. The number of methoxy groups -OCH3 is 1. The standard InChI is InChI=1S/C36H66O6Si/c1-12-15-30-16-13-17-31(41-30)21-20-29(8)34(37)23-33(39-25-38-11)22-32-18-14-19-35(42-32)36(9,10)24-40-43(26(2)3,27(4)5)28(6)7/h12-14,16,19,26-35,37H,1,15,17-18,20-25H2,2-11H3/t29-,30-,31-,32-,33+,34+,35+/m0/s1. The molecule has 0 saturated heterocycles. The van der Waals surface area contributed by atoms with Gasteiger partial charge in [-0.25, -0.2) is 0 Å². The lowest BCUT2D eigenvalue weighted by molar-refractivity contribution is -0.122. The monoisotopic (exact) mass is 622 g/mol. The normalized spacial score (nSPS) is 25.4. The number of hydrogen-bond acceptors (Lipinski definition) is 6. The first-order chi connectivity index (χ1) is 20.3. The van der Waals surface area contributed by atoms with E-state index in [2.05, 4.69) is 93.2 Å². The van der Waals surface area contributed by atoms with Gasteiger partial charge in [0.05, 0.1) is 36.6 Å². The average Bonchev–Trinajstić information content (AvgIpc) is 2.94. The van der Waals surface area contributed by atoms with E-state index in [1.54, 1.807) is 7.11 Å². The molecule has 0 amide bonds. The molecule has 2 aliphatic rings. The summed E-state index contributed by atoms with van der Waals surface area (Å²) in [5.74, 6) is 0.143. The van der Waals surface area contributed by atoms with Crippen LogP contribution in [0.25, 0.3) is 0 Å². The van der Waals surface area contributed by atoms with Gasteiger partial charge in [-0.15, -0.1) is 6.58 Å². The molecule has 0 aliphatic carbocycles.